The van der Waals surface area contributed by atoms with Crippen LogP contribution in [0.15, 0.2) is 18.2 Å². The number of anilines is 1. The number of ether oxygens (including phenoxy) is 1. The summed E-state index contributed by atoms with van der Waals surface area (Å²) in [6.45, 7) is 5.48. The number of hydrogen-bond donors (Lipinski definition) is 2. The number of carbonyl (C=O) groups excluding carboxylic acids is 1. The summed E-state index contributed by atoms with van der Waals surface area (Å²) in [5, 5.41) is 3.38. The highest BCUT2D eigenvalue weighted by Gasteiger charge is 2.33. The summed E-state index contributed by atoms with van der Waals surface area (Å²) < 4.78 is 5.25. The molecule has 0 heterocycles. The second-order valence-electron chi connectivity index (χ2n) is 6.68. The van der Waals surface area contributed by atoms with Gasteiger partial charge in [-0.05, 0) is 57.4 Å². The molecule has 0 aromatic heterocycles. The maximum atomic E-state index is 11.8. The van der Waals surface area contributed by atoms with Gasteiger partial charge in [0.2, 0.25) is 0 Å². The predicted molar refractivity (Wildman–Crippen MR) is 85.6 cm³/mol. The van der Waals surface area contributed by atoms with Crippen LogP contribution in [0.25, 0.3) is 0 Å². The highest BCUT2D eigenvalue weighted by molar-refractivity contribution is 6.31. The zero-order valence-corrected chi connectivity index (χ0v) is 13.6. The second kappa shape index (κ2) is 5.85. The van der Waals surface area contributed by atoms with Gasteiger partial charge >= 0.3 is 6.09 Å². The van der Waals surface area contributed by atoms with Crippen LogP contribution in [0.2, 0.25) is 5.02 Å². The lowest BCUT2D eigenvalue weighted by Gasteiger charge is -2.26. The van der Waals surface area contributed by atoms with Crippen LogP contribution in [-0.2, 0) is 10.3 Å². The summed E-state index contributed by atoms with van der Waals surface area (Å²) in [7, 11) is 0. The molecule has 0 unspecified atom stereocenters. The molecule has 1 aliphatic rings. The first-order chi connectivity index (χ1) is 9.70. The van der Waals surface area contributed by atoms with Crippen molar-refractivity contribution in [3.63, 3.8) is 0 Å². The highest BCUT2D eigenvalue weighted by atomic mass is 35.5. The molecule has 5 heteroatoms. The molecule has 0 spiro atoms. The van der Waals surface area contributed by atoms with Crippen molar-refractivity contribution >= 4 is 23.4 Å². The topological polar surface area (TPSA) is 64.3 Å². The zero-order valence-electron chi connectivity index (χ0n) is 12.8. The molecule has 2 rings (SSSR count). The monoisotopic (exact) mass is 310 g/mol. The lowest BCUT2D eigenvalue weighted by Crippen LogP contribution is -2.33. The average molecular weight is 311 g/mol. The number of amides is 1. The lowest BCUT2D eigenvalue weighted by molar-refractivity contribution is 0.0636. The third-order valence-corrected chi connectivity index (χ3v) is 3.97. The van der Waals surface area contributed by atoms with Crippen LogP contribution in [0.5, 0.6) is 0 Å². The number of rotatable bonds is 2. The molecule has 21 heavy (non-hydrogen) atoms. The predicted octanol–water partition coefficient (Wildman–Crippen LogP) is 4.42. The van der Waals surface area contributed by atoms with E-state index >= 15 is 0 Å². The Morgan fingerprint density at radius 1 is 1.33 bits per heavy atom. The fourth-order valence-electron chi connectivity index (χ4n) is 2.68. The minimum Gasteiger partial charge on any atom is -0.444 e. The molecule has 0 aliphatic heterocycles. The molecule has 0 atom stereocenters. The zero-order chi connectivity index (χ0) is 15.7. The molecular weight excluding hydrogens is 288 g/mol. The molecule has 1 aromatic carbocycles. The van der Waals surface area contributed by atoms with Gasteiger partial charge in [-0.25, -0.2) is 4.79 Å². The summed E-state index contributed by atoms with van der Waals surface area (Å²) in [6.07, 6.45) is 3.58. The Balaban J connectivity index is 2.17. The van der Waals surface area contributed by atoms with E-state index in [9.17, 15) is 4.79 Å². The molecule has 0 saturated heterocycles. The summed E-state index contributed by atoms with van der Waals surface area (Å²) in [5.74, 6) is 0. The largest absolute Gasteiger partial charge is 0.444 e. The van der Waals surface area contributed by atoms with Crippen molar-refractivity contribution in [1.29, 1.82) is 0 Å². The van der Waals surface area contributed by atoms with Gasteiger partial charge in [-0.2, -0.15) is 0 Å². The van der Waals surface area contributed by atoms with Gasteiger partial charge in [0.15, 0.2) is 0 Å². The summed E-state index contributed by atoms with van der Waals surface area (Å²) in [6, 6.07) is 5.39. The quantitative estimate of drug-likeness (QED) is 0.850. The Morgan fingerprint density at radius 3 is 2.52 bits per heavy atom. The van der Waals surface area contributed by atoms with Gasteiger partial charge in [0.05, 0.1) is 0 Å². The van der Waals surface area contributed by atoms with Crippen molar-refractivity contribution in [3.8, 4) is 0 Å². The van der Waals surface area contributed by atoms with Crippen LogP contribution in [0.1, 0.15) is 52.0 Å². The fourth-order valence-corrected chi connectivity index (χ4v) is 2.99. The van der Waals surface area contributed by atoms with E-state index in [0.29, 0.717) is 10.7 Å². The maximum absolute atomic E-state index is 11.8. The molecule has 4 nitrogen and oxygen atoms in total. The summed E-state index contributed by atoms with van der Waals surface area (Å²) in [5.41, 5.74) is 7.09. The molecule has 1 aliphatic carbocycles. The standard InChI is InChI=1S/C16H23ClN2O2/c1-15(2,3)21-14(20)19-11-6-7-13(17)12(10-11)16(18)8-4-5-9-16/h6-7,10H,4-5,8-9,18H2,1-3H3,(H,19,20). The minimum absolute atomic E-state index is 0.386. The second-order valence-corrected chi connectivity index (χ2v) is 7.09. The van der Waals surface area contributed by atoms with Crippen molar-refractivity contribution in [2.75, 3.05) is 5.32 Å². The van der Waals surface area contributed by atoms with E-state index in [-0.39, 0.29) is 5.54 Å². The van der Waals surface area contributed by atoms with Gasteiger partial charge in [0.1, 0.15) is 5.60 Å². The van der Waals surface area contributed by atoms with E-state index < -0.39 is 11.7 Å². The van der Waals surface area contributed by atoms with Crippen molar-refractivity contribution < 1.29 is 9.53 Å². The van der Waals surface area contributed by atoms with Crippen molar-refractivity contribution in [3.05, 3.63) is 28.8 Å². The number of nitrogens with one attached hydrogen (secondary N) is 1. The van der Waals surface area contributed by atoms with Gasteiger partial charge in [-0.15, -0.1) is 0 Å². The Labute approximate surface area is 131 Å². The number of benzene rings is 1. The highest BCUT2D eigenvalue weighted by Crippen LogP contribution is 2.40. The molecule has 0 radical (unpaired) electrons. The molecular formula is C16H23ClN2O2. The maximum Gasteiger partial charge on any atom is 0.412 e. The number of hydrogen-bond acceptors (Lipinski definition) is 3. The van der Waals surface area contributed by atoms with E-state index in [1.807, 2.05) is 26.8 Å². The summed E-state index contributed by atoms with van der Waals surface area (Å²) in [4.78, 5) is 11.8. The van der Waals surface area contributed by atoms with E-state index in [1.54, 1.807) is 12.1 Å². The Kier molecular flexibility index (Phi) is 4.49. The van der Waals surface area contributed by atoms with Crippen LogP contribution in [0.4, 0.5) is 10.5 Å². The Hall–Kier alpha value is -1.26. The van der Waals surface area contributed by atoms with Crippen molar-refractivity contribution in [2.45, 2.75) is 57.6 Å². The van der Waals surface area contributed by atoms with Gasteiger partial charge in [-0.1, -0.05) is 24.4 Å². The molecule has 1 aromatic rings. The van der Waals surface area contributed by atoms with Crippen LogP contribution >= 0.6 is 11.6 Å². The van der Waals surface area contributed by atoms with Gasteiger partial charge in [-0.3, -0.25) is 5.32 Å². The van der Waals surface area contributed by atoms with Gasteiger partial charge in [0, 0.05) is 16.2 Å². The fraction of sp³-hybridized carbons (Fsp3) is 0.562. The first-order valence-electron chi connectivity index (χ1n) is 7.29. The van der Waals surface area contributed by atoms with E-state index in [4.69, 9.17) is 22.1 Å². The first kappa shape index (κ1) is 16.1. The molecule has 1 amide bonds. The number of nitrogens with two attached hydrogens (primary N) is 1. The summed E-state index contributed by atoms with van der Waals surface area (Å²) >= 11 is 6.28. The van der Waals surface area contributed by atoms with Crippen LogP contribution < -0.4 is 11.1 Å². The molecule has 3 N–H and O–H groups in total. The smallest absolute Gasteiger partial charge is 0.412 e. The molecule has 116 valence electrons. The third-order valence-electron chi connectivity index (χ3n) is 3.64. The van der Waals surface area contributed by atoms with E-state index in [0.717, 1.165) is 31.2 Å². The number of halogens is 1. The lowest BCUT2D eigenvalue weighted by atomic mass is 9.89. The van der Waals surface area contributed by atoms with Crippen molar-refractivity contribution in [1.82, 2.24) is 0 Å². The minimum atomic E-state index is -0.528. The molecule has 0 bridgehead atoms. The van der Waals surface area contributed by atoms with E-state index in [2.05, 4.69) is 5.32 Å². The Morgan fingerprint density at radius 2 is 1.95 bits per heavy atom. The van der Waals surface area contributed by atoms with Gasteiger partial charge in [0.25, 0.3) is 0 Å². The van der Waals surface area contributed by atoms with Crippen LogP contribution in [0, 0.1) is 0 Å². The van der Waals surface area contributed by atoms with Crippen molar-refractivity contribution in [2.24, 2.45) is 5.73 Å². The van der Waals surface area contributed by atoms with Crippen LogP contribution in [0.3, 0.4) is 0 Å². The van der Waals surface area contributed by atoms with Crippen LogP contribution in [-0.4, -0.2) is 11.7 Å². The molecule has 1 fully saturated rings. The molecule has 1 saturated carbocycles. The van der Waals surface area contributed by atoms with Gasteiger partial charge < -0.3 is 10.5 Å². The number of carbonyl (C=O) groups is 1. The first-order valence-corrected chi connectivity index (χ1v) is 7.66. The third kappa shape index (κ3) is 4.11. The average Bonchev–Trinajstić information content (AvgIpc) is 2.77. The van der Waals surface area contributed by atoms with E-state index in [1.165, 1.54) is 0 Å². The Bertz CT molecular complexity index is 532. The SMILES string of the molecule is CC(C)(C)OC(=O)Nc1ccc(Cl)c(C2(N)CCCC2)c1. The normalized spacial score (nSPS) is 17.6.